The maximum absolute atomic E-state index is 5.20. The number of rotatable bonds is 2. The van der Waals surface area contributed by atoms with E-state index in [1.807, 2.05) is 13.0 Å². The second kappa shape index (κ2) is 5.04. The summed E-state index contributed by atoms with van der Waals surface area (Å²) in [6.45, 7) is 6.15. The minimum absolute atomic E-state index is 0.344. The molecular formula is C11H14OS. The lowest BCUT2D eigenvalue weighted by Gasteiger charge is -2.01. The Kier molecular flexibility index (Phi) is 3.98. The van der Waals surface area contributed by atoms with E-state index < -0.39 is 0 Å². The van der Waals surface area contributed by atoms with Gasteiger partial charge in [0.2, 0.25) is 0 Å². The Morgan fingerprint density at radius 3 is 2.92 bits per heavy atom. The van der Waals surface area contributed by atoms with Crippen LogP contribution in [0.3, 0.4) is 0 Å². The zero-order valence-electron chi connectivity index (χ0n) is 8.26. The molecule has 0 N–H and O–H groups in total. The molecule has 1 aromatic rings. The first-order valence-electron chi connectivity index (χ1n) is 4.43. The Morgan fingerprint density at radius 2 is 2.38 bits per heavy atom. The van der Waals surface area contributed by atoms with E-state index in [0.717, 1.165) is 12.2 Å². The molecule has 0 aliphatic carbocycles. The van der Waals surface area contributed by atoms with Crippen molar-refractivity contribution in [3.05, 3.63) is 18.1 Å². The molecule has 1 rings (SSSR count). The normalized spacial score (nSPS) is 11.9. The molecular weight excluding hydrogens is 180 g/mol. The smallest absolute Gasteiger partial charge is 0.114 e. The molecule has 0 bridgehead atoms. The highest BCUT2D eigenvalue weighted by atomic mass is 32.2. The summed E-state index contributed by atoms with van der Waals surface area (Å²) < 4.78 is 5.20. The maximum Gasteiger partial charge on any atom is 0.114 e. The van der Waals surface area contributed by atoms with Gasteiger partial charge in [-0.1, -0.05) is 12.8 Å². The van der Waals surface area contributed by atoms with Gasteiger partial charge in [-0.3, -0.25) is 0 Å². The van der Waals surface area contributed by atoms with Crippen LogP contribution in [0.25, 0.3) is 0 Å². The summed E-state index contributed by atoms with van der Waals surface area (Å²) in [7, 11) is 0. The summed E-state index contributed by atoms with van der Waals surface area (Å²) in [4.78, 5) is 1.19. The van der Waals surface area contributed by atoms with E-state index in [-0.39, 0.29) is 0 Å². The fourth-order valence-corrected chi connectivity index (χ4v) is 1.83. The van der Waals surface area contributed by atoms with Gasteiger partial charge in [-0.15, -0.1) is 17.7 Å². The summed E-state index contributed by atoms with van der Waals surface area (Å²) in [5.74, 6) is 7.23. The van der Waals surface area contributed by atoms with Gasteiger partial charge >= 0.3 is 0 Å². The summed E-state index contributed by atoms with van der Waals surface area (Å²) in [5.41, 5.74) is 0. The van der Waals surface area contributed by atoms with Crippen molar-refractivity contribution < 1.29 is 4.42 Å². The zero-order valence-corrected chi connectivity index (χ0v) is 9.07. The Balaban J connectivity index is 2.54. The molecule has 0 fully saturated rings. The molecule has 70 valence electrons. The van der Waals surface area contributed by atoms with E-state index in [1.165, 1.54) is 4.90 Å². The van der Waals surface area contributed by atoms with E-state index in [2.05, 4.69) is 25.7 Å². The molecule has 1 unspecified atom stereocenters. The quantitative estimate of drug-likeness (QED) is 0.528. The van der Waals surface area contributed by atoms with Crippen LogP contribution in [0, 0.1) is 18.8 Å². The lowest BCUT2D eigenvalue weighted by Crippen LogP contribution is -1.89. The van der Waals surface area contributed by atoms with Crippen molar-refractivity contribution in [1.29, 1.82) is 0 Å². The van der Waals surface area contributed by atoms with Crippen LogP contribution >= 0.6 is 11.8 Å². The molecule has 1 atom stereocenters. The zero-order chi connectivity index (χ0) is 9.68. The fraction of sp³-hybridized carbons (Fsp3) is 0.455. The molecule has 0 spiro atoms. The number of aryl methyl sites for hydroxylation is 1. The lowest BCUT2D eigenvalue weighted by atomic mass is 10.4. The van der Waals surface area contributed by atoms with E-state index >= 15 is 0 Å². The molecule has 1 heterocycles. The molecule has 0 amide bonds. The SMILES string of the molecule is CCC#CC(C)Sc1ccoc1C. The van der Waals surface area contributed by atoms with Gasteiger partial charge in [0, 0.05) is 11.3 Å². The lowest BCUT2D eigenvalue weighted by molar-refractivity contribution is 0.527. The van der Waals surface area contributed by atoms with Crippen LogP contribution in [0.15, 0.2) is 21.6 Å². The van der Waals surface area contributed by atoms with Gasteiger partial charge in [-0.25, -0.2) is 0 Å². The standard InChI is InChI=1S/C11H14OS/c1-4-5-6-9(2)13-11-7-8-12-10(11)3/h7-9H,4H2,1-3H3. The van der Waals surface area contributed by atoms with Gasteiger partial charge in [0.1, 0.15) is 5.76 Å². The first-order valence-corrected chi connectivity index (χ1v) is 5.31. The van der Waals surface area contributed by atoms with Crippen LogP contribution in [-0.2, 0) is 0 Å². The summed E-state index contributed by atoms with van der Waals surface area (Å²) in [5, 5.41) is 0.344. The van der Waals surface area contributed by atoms with Crippen molar-refractivity contribution in [3.8, 4) is 11.8 Å². The van der Waals surface area contributed by atoms with E-state index in [9.17, 15) is 0 Å². The molecule has 0 saturated carbocycles. The number of hydrogen-bond acceptors (Lipinski definition) is 2. The van der Waals surface area contributed by atoms with Gasteiger partial charge in [0.05, 0.1) is 11.5 Å². The number of hydrogen-bond donors (Lipinski definition) is 0. The second-order valence-corrected chi connectivity index (χ2v) is 4.16. The maximum atomic E-state index is 5.20. The monoisotopic (exact) mass is 194 g/mol. The topological polar surface area (TPSA) is 13.1 Å². The summed E-state index contributed by atoms with van der Waals surface area (Å²) in [6, 6.07) is 1.99. The summed E-state index contributed by atoms with van der Waals surface area (Å²) >= 11 is 1.75. The van der Waals surface area contributed by atoms with Gasteiger partial charge in [-0.2, -0.15) is 0 Å². The Hall–Kier alpha value is -0.810. The minimum atomic E-state index is 0.344. The highest BCUT2D eigenvalue weighted by molar-refractivity contribution is 8.00. The van der Waals surface area contributed by atoms with Crippen LogP contribution in [0.4, 0.5) is 0 Å². The van der Waals surface area contributed by atoms with Gasteiger partial charge in [0.25, 0.3) is 0 Å². The van der Waals surface area contributed by atoms with Crippen molar-refractivity contribution >= 4 is 11.8 Å². The Morgan fingerprint density at radius 1 is 1.62 bits per heavy atom. The van der Waals surface area contributed by atoms with Crippen LogP contribution < -0.4 is 0 Å². The third-order valence-corrected chi connectivity index (χ3v) is 2.75. The van der Waals surface area contributed by atoms with Crippen molar-refractivity contribution in [2.45, 2.75) is 37.3 Å². The van der Waals surface area contributed by atoms with Crippen molar-refractivity contribution in [1.82, 2.24) is 0 Å². The van der Waals surface area contributed by atoms with Crippen LogP contribution in [0.1, 0.15) is 26.0 Å². The average Bonchev–Trinajstić information content (AvgIpc) is 2.48. The Labute approximate surface area is 83.9 Å². The van der Waals surface area contributed by atoms with Gasteiger partial charge in [0.15, 0.2) is 0 Å². The highest BCUT2D eigenvalue weighted by Gasteiger charge is 2.05. The second-order valence-electron chi connectivity index (χ2n) is 2.78. The molecule has 0 aromatic carbocycles. The van der Waals surface area contributed by atoms with E-state index in [1.54, 1.807) is 18.0 Å². The molecule has 0 radical (unpaired) electrons. The van der Waals surface area contributed by atoms with Gasteiger partial charge < -0.3 is 4.42 Å². The van der Waals surface area contributed by atoms with Crippen molar-refractivity contribution in [3.63, 3.8) is 0 Å². The molecule has 1 nitrogen and oxygen atoms in total. The summed E-state index contributed by atoms with van der Waals surface area (Å²) in [6.07, 6.45) is 2.65. The van der Waals surface area contributed by atoms with Crippen LogP contribution in [-0.4, -0.2) is 5.25 Å². The van der Waals surface area contributed by atoms with E-state index in [4.69, 9.17) is 4.42 Å². The largest absolute Gasteiger partial charge is 0.468 e. The van der Waals surface area contributed by atoms with Crippen molar-refractivity contribution in [2.75, 3.05) is 0 Å². The predicted octanol–water partition coefficient (Wildman–Crippen LogP) is 3.48. The highest BCUT2D eigenvalue weighted by Crippen LogP contribution is 2.26. The van der Waals surface area contributed by atoms with Crippen LogP contribution in [0.2, 0.25) is 0 Å². The molecule has 0 aliphatic rings. The minimum Gasteiger partial charge on any atom is -0.468 e. The molecule has 1 aromatic heterocycles. The first kappa shape index (κ1) is 10.3. The third kappa shape index (κ3) is 3.20. The molecule has 0 saturated heterocycles. The first-order chi connectivity index (χ1) is 6.24. The molecule has 2 heteroatoms. The Bertz CT molecular complexity index is 316. The average molecular weight is 194 g/mol. The van der Waals surface area contributed by atoms with Crippen LogP contribution in [0.5, 0.6) is 0 Å². The number of thioether (sulfide) groups is 1. The fourth-order valence-electron chi connectivity index (χ4n) is 0.961. The predicted molar refractivity (Wildman–Crippen MR) is 56.8 cm³/mol. The molecule has 0 aliphatic heterocycles. The third-order valence-electron chi connectivity index (χ3n) is 1.60. The van der Waals surface area contributed by atoms with Gasteiger partial charge in [-0.05, 0) is 19.9 Å². The van der Waals surface area contributed by atoms with E-state index in [0.29, 0.717) is 5.25 Å². The van der Waals surface area contributed by atoms with Crippen molar-refractivity contribution in [2.24, 2.45) is 0 Å². The number of furan rings is 1. The molecule has 13 heavy (non-hydrogen) atoms.